The summed E-state index contributed by atoms with van der Waals surface area (Å²) in [7, 11) is 6.32. The third kappa shape index (κ3) is 14.9. The van der Waals surface area contributed by atoms with E-state index in [1.165, 1.54) is 42.6 Å². The lowest BCUT2D eigenvalue weighted by Crippen LogP contribution is -2.60. The third-order valence-corrected chi connectivity index (χ3v) is 16.8. The van der Waals surface area contributed by atoms with Crippen LogP contribution in [0, 0.1) is 23.7 Å². The van der Waals surface area contributed by atoms with Crippen LogP contribution < -0.4 is 10.6 Å². The predicted molar refractivity (Wildman–Crippen MR) is 283 cm³/mol. The molecule has 3 N–H and O–H groups in total. The number of carboxylic acids is 1. The molecule has 3 unspecified atom stereocenters. The molecule has 6 amide bonds. The van der Waals surface area contributed by atoms with E-state index in [4.69, 9.17) is 9.47 Å². The van der Waals surface area contributed by atoms with Crippen LogP contribution in [-0.2, 0) is 49.5 Å². The highest BCUT2D eigenvalue weighted by Crippen LogP contribution is 2.39. The number of pyridine rings is 2. The Hall–Kier alpha value is -5.41. The third-order valence-electron chi connectivity index (χ3n) is 14.2. The summed E-state index contributed by atoms with van der Waals surface area (Å²) in [6.07, 6.45) is 3.60. The number of hydrogen-bond donors (Lipinski definition) is 3. The summed E-state index contributed by atoms with van der Waals surface area (Å²) < 4.78 is 12.0. The Morgan fingerprint density at radius 3 is 1.86 bits per heavy atom. The molecule has 18 nitrogen and oxygen atoms in total. The van der Waals surface area contributed by atoms with Crippen molar-refractivity contribution in [2.75, 3.05) is 41.5 Å². The maximum absolute atomic E-state index is 14.8. The number of imide groups is 1. The van der Waals surface area contributed by atoms with Gasteiger partial charge in [-0.15, -0.1) is 0 Å². The van der Waals surface area contributed by atoms with Crippen molar-refractivity contribution in [2.24, 2.45) is 23.7 Å². The zero-order valence-electron chi connectivity index (χ0n) is 44.6. The van der Waals surface area contributed by atoms with Crippen LogP contribution in [0.5, 0.6) is 0 Å². The van der Waals surface area contributed by atoms with E-state index < -0.39 is 88.4 Å². The van der Waals surface area contributed by atoms with Gasteiger partial charge in [-0.3, -0.25) is 38.6 Å². The van der Waals surface area contributed by atoms with E-state index in [2.05, 4.69) is 20.6 Å². The molecule has 4 heterocycles. The molecule has 0 bridgehead atoms. The second-order valence-corrected chi connectivity index (χ2v) is 22.3. The number of aliphatic carboxylic acids is 1. The number of aromatic nitrogens is 2. The van der Waals surface area contributed by atoms with Gasteiger partial charge in [0.2, 0.25) is 35.4 Å². The van der Waals surface area contributed by atoms with Gasteiger partial charge in [-0.2, -0.15) is 0 Å². The number of benzene rings is 1. The minimum absolute atomic E-state index is 0.0931. The van der Waals surface area contributed by atoms with Gasteiger partial charge in [-0.1, -0.05) is 121 Å². The van der Waals surface area contributed by atoms with E-state index in [1.807, 2.05) is 59.7 Å². The van der Waals surface area contributed by atoms with Crippen LogP contribution in [0.1, 0.15) is 79.7 Å². The molecular weight excluding hydrogens is 985 g/mol. The Kier molecular flexibility index (Phi) is 22.4. The van der Waals surface area contributed by atoms with Crippen molar-refractivity contribution >= 4 is 64.9 Å². The molecule has 2 saturated heterocycles. The molecule has 2 fully saturated rings. The van der Waals surface area contributed by atoms with E-state index in [9.17, 15) is 38.7 Å². The topological polar surface area (TPSA) is 221 Å². The zero-order valence-corrected chi connectivity index (χ0v) is 46.2. The van der Waals surface area contributed by atoms with Gasteiger partial charge in [0.1, 0.15) is 22.6 Å². The number of carbonyl (C=O) groups excluding carboxylic acids is 6. The number of hydrogen-bond acceptors (Lipinski definition) is 14. The van der Waals surface area contributed by atoms with E-state index >= 15 is 0 Å². The molecule has 0 spiro atoms. The zero-order chi connectivity index (χ0) is 54.4. The molecule has 74 heavy (non-hydrogen) atoms. The molecule has 5 rings (SSSR count). The highest BCUT2D eigenvalue weighted by molar-refractivity contribution is 8.04. The van der Waals surface area contributed by atoms with Crippen LogP contribution in [-0.4, -0.2) is 171 Å². The standard InChI is InChI=1S/C54H76N8O10S2/c1-12-34(6)45(39(71-10)30-42(63)61-28-20-23-38(61)46(72-11)35(7)49(64)57-37(54(69)70)29-36-21-14-13-15-22-36)60(9)51(66)43(32(2)3)58-50(65)44(33(4)5)59(8)31-62-52(67)47(73-40-24-16-18-26-55-40)48(53(62)68)74-41-25-17-19-27-56-41/h13-19,21-22,24-27,32-35,37-39,43-48H,12,20,23,28-31H2,1-11H3,(H,57,64)(H,58,65)(H,69,70)/t34-,35+,37-,38-,39-,43-,44-,45?,46-,47?,48?/m0/s1. The molecular formula is C54H76N8O10S2. The second-order valence-electron chi connectivity index (χ2n) is 20.0. The monoisotopic (exact) mass is 1060 g/mol. The Balaban J connectivity index is 1.29. The highest BCUT2D eigenvalue weighted by Gasteiger charge is 2.50. The van der Waals surface area contributed by atoms with Crippen molar-refractivity contribution in [3.63, 3.8) is 0 Å². The molecule has 404 valence electrons. The Bertz CT molecular complexity index is 2290. The first-order chi connectivity index (χ1) is 35.2. The lowest BCUT2D eigenvalue weighted by atomic mass is 9.89. The first-order valence-corrected chi connectivity index (χ1v) is 27.2. The van der Waals surface area contributed by atoms with Crippen LogP contribution in [0.3, 0.4) is 0 Å². The van der Waals surface area contributed by atoms with Crippen molar-refractivity contribution < 1.29 is 48.1 Å². The molecule has 3 aromatic rings. The first-order valence-electron chi connectivity index (χ1n) is 25.4. The van der Waals surface area contributed by atoms with Gasteiger partial charge >= 0.3 is 5.97 Å². The van der Waals surface area contributed by atoms with Crippen LogP contribution in [0.15, 0.2) is 89.2 Å². The average molecular weight is 1060 g/mol. The van der Waals surface area contributed by atoms with E-state index in [0.717, 1.165) is 5.56 Å². The van der Waals surface area contributed by atoms with E-state index in [1.54, 1.807) is 96.6 Å². The number of nitrogens with one attached hydrogen (secondary N) is 2. The molecule has 2 aliphatic rings. The summed E-state index contributed by atoms with van der Waals surface area (Å²) in [6, 6.07) is 15.7. The first kappa shape index (κ1) is 59.5. The number of nitrogens with zero attached hydrogens (tertiary/aromatic N) is 6. The Morgan fingerprint density at radius 2 is 1.38 bits per heavy atom. The van der Waals surface area contributed by atoms with Crippen molar-refractivity contribution in [2.45, 2.75) is 144 Å². The fourth-order valence-corrected chi connectivity index (χ4v) is 12.4. The van der Waals surface area contributed by atoms with Crippen LogP contribution in [0.25, 0.3) is 0 Å². The predicted octanol–water partition coefficient (Wildman–Crippen LogP) is 5.25. The number of amides is 6. The van der Waals surface area contributed by atoms with Crippen LogP contribution in [0.4, 0.5) is 0 Å². The van der Waals surface area contributed by atoms with Crippen molar-refractivity contribution in [1.29, 1.82) is 0 Å². The Morgan fingerprint density at radius 1 is 0.797 bits per heavy atom. The maximum atomic E-state index is 14.8. The normalized spacial score (nSPS) is 20.2. The molecule has 0 saturated carbocycles. The molecule has 2 aliphatic heterocycles. The number of carboxylic acid groups (broad SMARTS) is 1. The summed E-state index contributed by atoms with van der Waals surface area (Å²) in [5.74, 6) is -5.21. The summed E-state index contributed by atoms with van der Waals surface area (Å²) in [5, 5.41) is 15.3. The molecule has 2 aromatic heterocycles. The number of ether oxygens (including phenoxy) is 2. The van der Waals surface area contributed by atoms with Gasteiger partial charge in [0.15, 0.2) is 0 Å². The minimum atomic E-state index is -1.17. The van der Waals surface area contributed by atoms with Crippen molar-refractivity contribution in [3.05, 3.63) is 84.7 Å². The smallest absolute Gasteiger partial charge is 0.326 e. The quantitative estimate of drug-likeness (QED) is 0.0830. The summed E-state index contributed by atoms with van der Waals surface area (Å²) in [6.45, 7) is 13.3. The molecule has 20 heteroatoms. The summed E-state index contributed by atoms with van der Waals surface area (Å²) in [5.41, 5.74) is 0.761. The molecule has 11 atom stereocenters. The number of likely N-dealkylation sites (tertiary alicyclic amines) is 2. The van der Waals surface area contributed by atoms with Crippen LogP contribution in [0.2, 0.25) is 0 Å². The van der Waals surface area contributed by atoms with Gasteiger partial charge < -0.3 is 35.0 Å². The lowest BCUT2D eigenvalue weighted by Gasteiger charge is -2.41. The van der Waals surface area contributed by atoms with Crippen LogP contribution >= 0.6 is 23.5 Å². The van der Waals surface area contributed by atoms with Gasteiger partial charge in [0, 0.05) is 46.6 Å². The van der Waals surface area contributed by atoms with Gasteiger partial charge in [0.25, 0.3) is 0 Å². The fourth-order valence-electron chi connectivity index (χ4n) is 10.1. The number of thioether (sulfide) groups is 2. The second kappa shape index (κ2) is 27.9. The molecule has 0 radical (unpaired) electrons. The minimum Gasteiger partial charge on any atom is -0.480 e. The number of methoxy groups -OCH3 is 2. The van der Waals surface area contributed by atoms with Crippen molar-refractivity contribution in [3.8, 4) is 0 Å². The van der Waals surface area contributed by atoms with Gasteiger partial charge in [-0.05, 0) is 67.5 Å². The SMILES string of the molecule is CC[C@H](C)C([C@H](CC(=O)N1CCC[C@H]1[C@@H](OC)[C@@H](C)C(=O)N[C@@H](Cc1ccccc1)C(=O)O)OC)N(C)C(=O)[C@@H](NC(=O)[C@H](C(C)C)N(C)CN1C(=O)C(Sc2ccccn2)C(Sc2ccccn2)C1=O)C(C)C. The Labute approximate surface area is 444 Å². The summed E-state index contributed by atoms with van der Waals surface area (Å²) in [4.78, 5) is 113. The highest BCUT2D eigenvalue weighted by atomic mass is 32.2. The van der Waals surface area contributed by atoms with E-state index in [-0.39, 0.29) is 49.1 Å². The van der Waals surface area contributed by atoms with E-state index in [0.29, 0.717) is 35.9 Å². The summed E-state index contributed by atoms with van der Waals surface area (Å²) >= 11 is 2.42. The number of likely N-dealkylation sites (N-methyl/N-ethyl adjacent to an activating group) is 2. The number of carbonyl (C=O) groups is 7. The lowest BCUT2D eigenvalue weighted by molar-refractivity contribution is -0.149. The van der Waals surface area contributed by atoms with Crippen molar-refractivity contribution in [1.82, 2.24) is 40.2 Å². The van der Waals surface area contributed by atoms with Gasteiger partial charge in [-0.25, -0.2) is 14.8 Å². The average Bonchev–Trinajstić information content (AvgIpc) is 3.94. The maximum Gasteiger partial charge on any atom is 0.326 e. The molecule has 1 aromatic carbocycles. The fraction of sp³-hybridized carbons (Fsp3) is 0.574. The largest absolute Gasteiger partial charge is 0.480 e. The number of rotatable bonds is 27. The van der Waals surface area contributed by atoms with Gasteiger partial charge in [0.05, 0.1) is 59.4 Å². The molecule has 0 aliphatic carbocycles.